The standard InChI is InChI=1S/C12H17BrN2O5S/c1-7(6-19-2)15-12(16)8-4-9(13)11(20-3)10(5-8)21(14,17)18/h4-5,7H,6H2,1-3H3,(H,15,16)(H2,14,17,18). The van der Waals surface area contributed by atoms with Crippen molar-refractivity contribution in [3.05, 3.63) is 22.2 Å². The van der Waals surface area contributed by atoms with E-state index in [0.29, 0.717) is 11.1 Å². The zero-order valence-electron chi connectivity index (χ0n) is 11.8. The van der Waals surface area contributed by atoms with Crippen LogP contribution in [0.4, 0.5) is 0 Å². The Bertz CT molecular complexity index is 633. The Hall–Kier alpha value is -1.16. The molecule has 118 valence electrons. The molecule has 0 aliphatic rings. The van der Waals surface area contributed by atoms with Crippen LogP contribution in [0.15, 0.2) is 21.5 Å². The fourth-order valence-electron chi connectivity index (χ4n) is 1.71. The van der Waals surface area contributed by atoms with Gasteiger partial charge in [-0.2, -0.15) is 0 Å². The molecular weight excluding hydrogens is 364 g/mol. The summed E-state index contributed by atoms with van der Waals surface area (Å²) in [4.78, 5) is 11.8. The Balaban J connectivity index is 3.22. The van der Waals surface area contributed by atoms with Crippen LogP contribution in [-0.2, 0) is 14.8 Å². The third kappa shape index (κ3) is 4.67. The van der Waals surface area contributed by atoms with Crippen LogP contribution >= 0.6 is 15.9 Å². The molecule has 1 aromatic carbocycles. The summed E-state index contributed by atoms with van der Waals surface area (Å²) in [5, 5.41) is 7.82. The van der Waals surface area contributed by atoms with Crippen LogP contribution in [0.3, 0.4) is 0 Å². The van der Waals surface area contributed by atoms with E-state index in [1.165, 1.54) is 26.4 Å². The molecule has 7 nitrogen and oxygen atoms in total. The topological polar surface area (TPSA) is 108 Å². The Kier molecular flexibility index (Phi) is 6.14. The van der Waals surface area contributed by atoms with E-state index in [-0.39, 0.29) is 22.3 Å². The van der Waals surface area contributed by atoms with Gasteiger partial charge in [0.05, 0.1) is 18.2 Å². The number of carbonyl (C=O) groups is 1. The second-order valence-electron chi connectivity index (χ2n) is 4.36. The highest BCUT2D eigenvalue weighted by atomic mass is 79.9. The summed E-state index contributed by atoms with van der Waals surface area (Å²) in [6.45, 7) is 2.10. The molecule has 0 bridgehead atoms. The summed E-state index contributed by atoms with van der Waals surface area (Å²) < 4.78 is 33.4. The van der Waals surface area contributed by atoms with Crippen LogP contribution in [0, 0.1) is 0 Å². The van der Waals surface area contributed by atoms with Crippen molar-refractivity contribution >= 4 is 31.9 Å². The predicted molar refractivity (Wildman–Crippen MR) is 80.9 cm³/mol. The largest absolute Gasteiger partial charge is 0.494 e. The van der Waals surface area contributed by atoms with Crippen molar-refractivity contribution in [2.24, 2.45) is 5.14 Å². The first-order chi connectivity index (χ1) is 9.70. The highest BCUT2D eigenvalue weighted by Gasteiger charge is 2.21. The molecule has 0 fully saturated rings. The number of sulfonamides is 1. The van der Waals surface area contributed by atoms with Gasteiger partial charge in [-0.1, -0.05) is 0 Å². The van der Waals surface area contributed by atoms with Gasteiger partial charge in [0, 0.05) is 18.7 Å². The Morgan fingerprint density at radius 3 is 2.52 bits per heavy atom. The molecule has 1 aromatic rings. The Morgan fingerprint density at radius 1 is 1.43 bits per heavy atom. The lowest BCUT2D eigenvalue weighted by molar-refractivity contribution is 0.0905. The van der Waals surface area contributed by atoms with Crippen LogP contribution < -0.4 is 15.2 Å². The van der Waals surface area contributed by atoms with E-state index in [4.69, 9.17) is 14.6 Å². The summed E-state index contributed by atoms with van der Waals surface area (Å²) in [5.74, 6) is -0.383. The summed E-state index contributed by atoms with van der Waals surface area (Å²) >= 11 is 3.17. The first-order valence-electron chi connectivity index (χ1n) is 5.90. The Labute approximate surface area is 132 Å². The lowest BCUT2D eigenvalue weighted by Crippen LogP contribution is -2.35. The van der Waals surface area contributed by atoms with Gasteiger partial charge in [-0.15, -0.1) is 0 Å². The Morgan fingerprint density at radius 2 is 2.05 bits per heavy atom. The molecule has 0 aliphatic heterocycles. The van der Waals surface area contributed by atoms with E-state index in [9.17, 15) is 13.2 Å². The lowest BCUT2D eigenvalue weighted by atomic mass is 10.2. The van der Waals surface area contributed by atoms with E-state index >= 15 is 0 Å². The van der Waals surface area contributed by atoms with Crippen LogP contribution in [0.5, 0.6) is 5.75 Å². The zero-order chi connectivity index (χ0) is 16.2. The van der Waals surface area contributed by atoms with Crippen molar-refractivity contribution in [1.82, 2.24) is 5.32 Å². The maximum Gasteiger partial charge on any atom is 0.251 e. The highest BCUT2D eigenvalue weighted by Crippen LogP contribution is 2.33. The number of carbonyl (C=O) groups excluding carboxylic acids is 1. The molecular formula is C12H17BrN2O5S. The number of nitrogens with two attached hydrogens (primary N) is 1. The molecule has 0 heterocycles. The smallest absolute Gasteiger partial charge is 0.251 e. The normalized spacial score (nSPS) is 12.8. The number of hydrogen-bond donors (Lipinski definition) is 2. The molecule has 0 saturated carbocycles. The number of halogens is 1. The molecule has 1 unspecified atom stereocenters. The molecule has 3 N–H and O–H groups in total. The van der Waals surface area contributed by atoms with E-state index in [2.05, 4.69) is 21.2 Å². The van der Waals surface area contributed by atoms with E-state index in [0.717, 1.165) is 0 Å². The molecule has 0 saturated heterocycles. The molecule has 1 rings (SSSR count). The number of ether oxygens (including phenoxy) is 2. The second-order valence-corrected chi connectivity index (χ2v) is 6.75. The highest BCUT2D eigenvalue weighted by molar-refractivity contribution is 9.10. The molecule has 0 spiro atoms. The summed E-state index contributed by atoms with van der Waals surface area (Å²) in [5.41, 5.74) is 0.148. The summed E-state index contributed by atoms with van der Waals surface area (Å²) in [6.07, 6.45) is 0. The quantitative estimate of drug-likeness (QED) is 0.760. The molecule has 0 radical (unpaired) electrons. The molecule has 9 heteroatoms. The second kappa shape index (κ2) is 7.21. The van der Waals surface area contributed by atoms with Gasteiger partial charge in [0.25, 0.3) is 5.91 Å². The van der Waals surface area contributed by atoms with Gasteiger partial charge in [-0.3, -0.25) is 4.79 Å². The monoisotopic (exact) mass is 380 g/mol. The summed E-state index contributed by atoms with van der Waals surface area (Å²) in [6, 6.07) is 2.41. The van der Waals surface area contributed by atoms with Crippen LogP contribution in [0.25, 0.3) is 0 Å². The number of primary sulfonamides is 1. The molecule has 21 heavy (non-hydrogen) atoms. The zero-order valence-corrected chi connectivity index (χ0v) is 14.2. The van der Waals surface area contributed by atoms with Gasteiger partial charge in [0.1, 0.15) is 4.90 Å². The maximum absolute atomic E-state index is 12.1. The van der Waals surface area contributed by atoms with Crippen molar-refractivity contribution in [2.45, 2.75) is 17.9 Å². The van der Waals surface area contributed by atoms with Crippen LogP contribution in [0.1, 0.15) is 17.3 Å². The number of amides is 1. The minimum atomic E-state index is -4.02. The van der Waals surface area contributed by atoms with E-state index in [1.807, 2.05) is 0 Å². The van der Waals surface area contributed by atoms with Gasteiger partial charge in [-0.25, -0.2) is 13.6 Å². The van der Waals surface area contributed by atoms with Crippen molar-refractivity contribution in [3.63, 3.8) is 0 Å². The SMILES string of the molecule is COCC(C)NC(=O)c1cc(Br)c(OC)c(S(N)(=O)=O)c1. The number of rotatable bonds is 6. The number of benzene rings is 1. The fraction of sp³-hybridized carbons (Fsp3) is 0.417. The fourth-order valence-corrected chi connectivity index (χ4v) is 3.20. The van der Waals surface area contributed by atoms with Gasteiger partial charge in [0.2, 0.25) is 10.0 Å². The number of nitrogens with one attached hydrogen (secondary N) is 1. The van der Waals surface area contributed by atoms with Crippen molar-refractivity contribution < 1.29 is 22.7 Å². The van der Waals surface area contributed by atoms with Crippen molar-refractivity contribution in [2.75, 3.05) is 20.8 Å². The van der Waals surface area contributed by atoms with Gasteiger partial charge in [-0.05, 0) is 35.0 Å². The third-order valence-corrected chi connectivity index (χ3v) is 4.08. The first kappa shape index (κ1) is 17.9. The van der Waals surface area contributed by atoms with Crippen molar-refractivity contribution in [3.8, 4) is 5.75 Å². The van der Waals surface area contributed by atoms with E-state index in [1.54, 1.807) is 6.92 Å². The third-order valence-electron chi connectivity index (χ3n) is 2.58. The minimum Gasteiger partial charge on any atom is -0.494 e. The van der Waals surface area contributed by atoms with Crippen molar-refractivity contribution in [1.29, 1.82) is 0 Å². The average Bonchev–Trinajstić information content (AvgIpc) is 2.36. The number of hydrogen-bond acceptors (Lipinski definition) is 5. The van der Waals surface area contributed by atoms with Crippen LogP contribution in [-0.4, -0.2) is 41.2 Å². The van der Waals surface area contributed by atoms with Gasteiger partial charge in [0.15, 0.2) is 5.75 Å². The van der Waals surface area contributed by atoms with Gasteiger partial charge >= 0.3 is 0 Å². The average molecular weight is 381 g/mol. The lowest BCUT2D eigenvalue weighted by Gasteiger charge is -2.15. The summed E-state index contributed by atoms with van der Waals surface area (Å²) in [7, 11) is -1.19. The minimum absolute atomic E-state index is 0.0546. The predicted octanol–water partition coefficient (Wildman–Crippen LogP) is 0.870. The van der Waals surface area contributed by atoms with Gasteiger partial charge < -0.3 is 14.8 Å². The molecule has 1 amide bonds. The molecule has 0 aromatic heterocycles. The molecule has 0 aliphatic carbocycles. The maximum atomic E-state index is 12.1. The van der Waals surface area contributed by atoms with E-state index < -0.39 is 15.9 Å². The van der Waals surface area contributed by atoms with Crippen LogP contribution in [0.2, 0.25) is 0 Å². The molecule has 1 atom stereocenters. The number of methoxy groups -OCH3 is 2. The first-order valence-corrected chi connectivity index (χ1v) is 8.24.